The van der Waals surface area contributed by atoms with Gasteiger partial charge in [0, 0.05) is 5.02 Å². The lowest BCUT2D eigenvalue weighted by Gasteiger charge is -2.01. The number of aromatic amines is 1. The number of nitrogens with one attached hydrogen (secondary N) is 1. The van der Waals surface area contributed by atoms with Crippen LogP contribution in [0.4, 0.5) is 0 Å². The number of hydrogen-bond donors (Lipinski definition) is 1. The van der Waals surface area contributed by atoms with Gasteiger partial charge in [0.1, 0.15) is 0 Å². The number of halogens is 2. The molecule has 0 spiro atoms. The maximum absolute atomic E-state index is 11.5. The van der Waals surface area contributed by atoms with Gasteiger partial charge < -0.3 is 14.5 Å². The number of benzene rings is 1. The summed E-state index contributed by atoms with van der Waals surface area (Å²) in [6.07, 6.45) is 0. The molecule has 2 rings (SSSR count). The van der Waals surface area contributed by atoms with E-state index in [1.54, 1.807) is 6.07 Å². The highest BCUT2D eigenvalue weighted by Gasteiger charge is 2.22. The quantitative estimate of drug-likeness (QED) is 0.696. The van der Waals surface area contributed by atoms with E-state index < -0.39 is 5.97 Å². The summed E-state index contributed by atoms with van der Waals surface area (Å²) in [5.41, 5.74) is 0.480. The number of carbonyl (C=O) groups is 2. The second-order valence-corrected chi connectivity index (χ2v) is 4.19. The number of methoxy groups -OCH3 is 1. The summed E-state index contributed by atoms with van der Waals surface area (Å²) in [5, 5.41) is 1.05. The summed E-state index contributed by atoms with van der Waals surface area (Å²) in [5.74, 6) is -0.649. The fraction of sp³-hybridized carbons (Fsp3) is 0.0909. The van der Waals surface area contributed by atoms with Crippen LogP contribution in [0.3, 0.4) is 0 Å². The fourth-order valence-corrected chi connectivity index (χ4v) is 2.21. The van der Waals surface area contributed by atoms with Gasteiger partial charge in [0.25, 0.3) is 6.47 Å². The highest BCUT2D eigenvalue weighted by atomic mass is 35.5. The van der Waals surface area contributed by atoms with Gasteiger partial charge in [-0.1, -0.05) is 23.2 Å². The van der Waals surface area contributed by atoms with E-state index in [0.29, 0.717) is 15.9 Å². The Morgan fingerprint density at radius 1 is 1.39 bits per heavy atom. The third kappa shape index (κ3) is 2.02. The maximum Gasteiger partial charge on any atom is 0.358 e. The second-order valence-electron chi connectivity index (χ2n) is 3.34. The summed E-state index contributed by atoms with van der Waals surface area (Å²) in [6, 6.07) is 3.05. The SMILES string of the molecule is COC(=O)c1[nH]c2cc(Cl)cc(Cl)c2c1OC=O. The second kappa shape index (κ2) is 4.88. The maximum atomic E-state index is 11.5. The molecule has 7 heteroatoms. The molecule has 0 radical (unpaired) electrons. The van der Waals surface area contributed by atoms with E-state index in [9.17, 15) is 9.59 Å². The molecule has 1 aromatic carbocycles. The Balaban J connectivity index is 2.79. The molecular formula is C11H7Cl2NO4. The summed E-state index contributed by atoms with van der Waals surface area (Å²) in [7, 11) is 1.22. The average molecular weight is 288 g/mol. The lowest BCUT2D eigenvalue weighted by atomic mass is 10.2. The molecule has 0 saturated heterocycles. The molecule has 94 valence electrons. The molecule has 0 saturated carbocycles. The predicted molar refractivity (Wildman–Crippen MR) is 66.4 cm³/mol. The third-order valence-electron chi connectivity index (χ3n) is 2.32. The average Bonchev–Trinajstić information content (AvgIpc) is 2.67. The lowest BCUT2D eigenvalue weighted by molar-refractivity contribution is -0.120. The zero-order valence-corrected chi connectivity index (χ0v) is 10.6. The van der Waals surface area contributed by atoms with Gasteiger partial charge in [0.2, 0.25) is 0 Å². The number of ether oxygens (including phenoxy) is 2. The molecule has 5 nitrogen and oxygen atoms in total. The monoisotopic (exact) mass is 287 g/mol. The minimum Gasteiger partial charge on any atom is -0.464 e. The first-order valence-corrected chi connectivity index (χ1v) is 5.53. The molecule has 1 heterocycles. The molecule has 0 fully saturated rings. The van der Waals surface area contributed by atoms with Gasteiger partial charge in [-0.15, -0.1) is 0 Å². The van der Waals surface area contributed by atoms with Crippen LogP contribution in [0, 0.1) is 0 Å². The molecule has 0 aliphatic rings. The van der Waals surface area contributed by atoms with E-state index in [4.69, 9.17) is 27.9 Å². The van der Waals surface area contributed by atoms with Gasteiger partial charge in [0.05, 0.1) is 23.0 Å². The number of H-pyrrole nitrogens is 1. The summed E-state index contributed by atoms with van der Waals surface area (Å²) in [4.78, 5) is 24.8. The van der Waals surface area contributed by atoms with Crippen LogP contribution in [0.25, 0.3) is 10.9 Å². The Hall–Kier alpha value is -1.72. The number of esters is 1. The Kier molecular flexibility index (Phi) is 3.45. The molecular weight excluding hydrogens is 281 g/mol. The summed E-state index contributed by atoms with van der Waals surface area (Å²) < 4.78 is 9.37. The molecule has 0 aliphatic carbocycles. The Bertz CT molecular complexity index is 635. The molecule has 1 N–H and O–H groups in total. The van der Waals surface area contributed by atoms with Gasteiger partial charge in [-0.25, -0.2) is 4.79 Å². The van der Waals surface area contributed by atoms with E-state index >= 15 is 0 Å². The van der Waals surface area contributed by atoms with E-state index in [2.05, 4.69) is 9.72 Å². The molecule has 0 atom stereocenters. The zero-order chi connectivity index (χ0) is 13.3. The Morgan fingerprint density at radius 3 is 2.72 bits per heavy atom. The van der Waals surface area contributed by atoms with Crippen molar-refractivity contribution in [1.29, 1.82) is 0 Å². The van der Waals surface area contributed by atoms with Gasteiger partial charge in [-0.05, 0) is 12.1 Å². The first kappa shape index (κ1) is 12.7. The van der Waals surface area contributed by atoms with E-state index in [0.717, 1.165) is 0 Å². The largest absolute Gasteiger partial charge is 0.464 e. The third-order valence-corrected chi connectivity index (χ3v) is 2.84. The van der Waals surface area contributed by atoms with Crippen molar-refractivity contribution in [2.24, 2.45) is 0 Å². The fourth-order valence-electron chi connectivity index (χ4n) is 1.63. The minimum absolute atomic E-state index is 0.00349. The van der Waals surface area contributed by atoms with Gasteiger partial charge in [-0.3, -0.25) is 4.79 Å². The molecule has 18 heavy (non-hydrogen) atoms. The molecule has 0 aliphatic heterocycles. The van der Waals surface area contributed by atoms with E-state index in [-0.39, 0.29) is 22.9 Å². The van der Waals surface area contributed by atoms with Crippen LogP contribution in [-0.4, -0.2) is 24.5 Å². The zero-order valence-electron chi connectivity index (χ0n) is 9.12. The van der Waals surface area contributed by atoms with Crippen molar-refractivity contribution in [1.82, 2.24) is 4.98 Å². The first-order valence-electron chi connectivity index (χ1n) is 4.77. The standard InChI is InChI=1S/C11H7Cl2NO4/c1-17-11(16)9-10(18-4-15)8-6(13)2-5(12)3-7(8)14-9/h2-4,14H,1H3. The highest BCUT2D eigenvalue weighted by molar-refractivity contribution is 6.39. The molecule has 0 amide bonds. The van der Waals surface area contributed by atoms with Crippen molar-refractivity contribution in [3.63, 3.8) is 0 Å². The van der Waals surface area contributed by atoms with Crippen LogP contribution < -0.4 is 4.74 Å². The van der Waals surface area contributed by atoms with Crippen molar-refractivity contribution in [2.75, 3.05) is 7.11 Å². The molecule has 2 aromatic rings. The molecule has 0 unspecified atom stereocenters. The smallest absolute Gasteiger partial charge is 0.358 e. The minimum atomic E-state index is -0.671. The lowest BCUT2D eigenvalue weighted by Crippen LogP contribution is -2.04. The van der Waals surface area contributed by atoms with Crippen molar-refractivity contribution < 1.29 is 19.1 Å². The number of aromatic nitrogens is 1. The number of fused-ring (bicyclic) bond motifs is 1. The van der Waals surface area contributed by atoms with Crippen molar-refractivity contribution in [3.05, 3.63) is 27.9 Å². The van der Waals surface area contributed by atoms with Crippen molar-refractivity contribution in [3.8, 4) is 5.75 Å². The van der Waals surface area contributed by atoms with Crippen molar-refractivity contribution in [2.45, 2.75) is 0 Å². The topological polar surface area (TPSA) is 68.4 Å². The van der Waals surface area contributed by atoms with Crippen LogP contribution >= 0.6 is 23.2 Å². The Morgan fingerprint density at radius 2 is 2.11 bits per heavy atom. The number of carbonyl (C=O) groups excluding carboxylic acids is 2. The van der Waals surface area contributed by atoms with Crippen LogP contribution in [0.1, 0.15) is 10.5 Å². The number of hydrogen-bond acceptors (Lipinski definition) is 4. The van der Waals surface area contributed by atoms with Gasteiger partial charge in [-0.2, -0.15) is 0 Å². The van der Waals surface area contributed by atoms with E-state index in [1.165, 1.54) is 13.2 Å². The van der Waals surface area contributed by atoms with Crippen molar-refractivity contribution >= 4 is 46.5 Å². The van der Waals surface area contributed by atoms with Crippen LogP contribution in [0.15, 0.2) is 12.1 Å². The summed E-state index contributed by atoms with van der Waals surface area (Å²) in [6.45, 7) is 0.208. The van der Waals surface area contributed by atoms with Gasteiger partial charge in [0.15, 0.2) is 11.4 Å². The predicted octanol–water partition coefficient (Wildman–Crippen LogP) is 2.80. The van der Waals surface area contributed by atoms with E-state index in [1.807, 2.05) is 0 Å². The van der Waals surface area contributed by atoms with Crippen LogP contribution in [0.5, 0.6) is 5.75 Å². The first-order chi connectivity index (χ1) is 8.58. The van der Waals surface area contributed by atoms with Gasteiger partial charge >= 0.3 is 5.97 Å². The summed E-state index contributed by atoms with van der Waals surface area (Å²) >= 11 is 11.9. The number of rotatable bonds is 3. The highest BCUT2D eigenvalue weighted by Crippen LogP contribution is 2.37. The normalized spacial score (nSPS) is 10.4. The Labute approximate surface area is 112 Å². The molecule has 0 bridgehead atoms. The molecule has 1 aromatic heterocycles. The van der Waals surface area contributed by atoms with Crippen LogP contribution in [-0.2, 0) is 9.53 Å². The van der Waals surface area contributed by atoms with Crippen LogP contribution in [0.2, 0.25) is 10.0 Å².